The van der Waals surface area contributed by atoms with Crippen molar-refractivity contribution in [2.75, 3.05) is 5.43 Å². The van der Waals surface area contributed by atoms with Crippen molar-refractivity contribution in [2.24, 2.45) is 4.99 Å². The van der Waals surface area contributed by atoms with E-state index in [9.17, 15) is 24.8 Å². The first-order chi connectivity index (χ1) is 14.3. The van der Waals surface area contributed by atoms with Gasteiger partial charge in [-0.1, -0.05) is 29.0 Å². The predicted molar refractivity (Wildman–Crippen MR) is 111 cm³/mol. The number of nitro groups is 1. The highest BCUT2D eigenvalue weighted by Crippen LogP contribution is 2.32. The van der Waals surface area contributed by atoms with Crippen LogP contribution in [0.15, 0.2) is 47.5 Å². The molecule has 0 atom stereocenters. The fraction of sp³-hybridized carbons (Fsp3) is 0.0526. The molecule has 1 aliphatic rings. The third-order valence-electron chi connectivity index (χ3n) is 4.44. The average Bonchev–Trinajstić information content (AvgIpc) is 3.17. The van der Waals surface area contributed by atoms with E-state index in [1.54, 1.807) is 24.3 Å². The molecule has 150 valence electrons. The van der Waals surface area contributed by atoms with Crippen LogP contribution in [0.2, 0.25) is 0 Å². The molecule has 0 radical (unpaired) electrons. The molecule has 11 heteroatoms. The Kier molecular flexibility index (Phi) is 4.76. The first-order valence-corrected chi connectivity index (χ1v) is 9.74. The Morgan fingerprint density at radius 2 is 1.97 bits per heavy atom. The number of carbonyl (C=O) groups excluding carboxylic acids is 2. The number of nitro benzene ring substituents is 1. The minimum Gasteiger partial charge on any atom is -0.492 e. The van der Waals surface area contributed by atoms with Crippen molar-refractivity contribution in [2.45, 2.75) is 6.92 Å². The van der Waals surface area contributed by atoms with Crippen molar-refractivity contribution in [3.63, 3.8) is 0 Å². The van der Waals surface area contributed by atoms with Crippen LogP contribution in [0.4, 0.5) is 5.69 Å². The number of hydrogen-bond donors (Lipinski definition) is 2. The Morgan fingerprint density at radius 1 is 1.27 bits per heavy atom. The third-order valence-corrected chi connectivity index (χ3v) is 5.82. The fourth-order valence-corrected chi connectivity index (χ4v) is 4.20. The van der Waals surface area contributed by atoms with Crippen molar-refractivity contribution in [1.82, 2.24) is 4.68 Å². The summed E-state index contributed by atoms with van der Waals surface area (Å²) in [6.07, 6.45) is 0. The van der Waals surface area contributed by atoms with E-state index in [0.29, 0.717) is 5.56 Å². The Hall–Kier alpha value is -3.70. The van der Waals surface area contributed by atoms with Gasteiger partial charge < -0.3 is 5.11 Å². The third kappa shape index (κ3) is 3.29. The summed E-state index contributed by atoms with van der Waals surface area (Å²) in [4.78, 5) is 39.4. The maximum atomic E-state index is 12.5. The van der Waals surface area contributed by atoms with Crippen molar-refractivity contribution in [3.8, 4) is 5.88 Å². The van der Waals surface area contributed by atoms with Gasteiger partial charge in [0.1, 0.15) is 4.88 Å². The van der Waals surface area contributed by atoms with Crippen LogP contribution < -0.4 is 16.0 Å². The van der Waals surface area contributed by atoms with Crippen LogP contribution in [0.1, 0.15) is 20.8 Å². The number of non-ortho nitro benzene ring substituents is 1. The predicted octanol–water partition coefficient (Wildman–Crippen LogP) is 1.94. The van der Waals surface area contributed by atoms with Crippen molar-refractivity contribution < 1.29 is 19.6 Å². The highest BCUT2D eigenvalue weighted by atomic mass is 32.1. The lowest BCUT2D eigenvalue weighted by molar-refractivity contribution is -0.385. The minimum absolute atomic E-state index is 0.00867. The van der Waals surface area contributed by atoms with Gasteiger partial charge in [-0.25, -0.2) is 4.99 Å². The SMILES string of the molecule is Cc1ccc(C(=O)Nn2c(O)c(C3=c4cc([N+](=O)[O-])ccc4=NC3=O)sc2=S)cc1. The van der Waals surface area contributed by atoms with Crippen LogP contribution in [-0.4, -0.2) is 26.5 Å². The molecule has 1 aliphatic heterocycles. The molecule has 2 amide bonds. The fourth-order valence-electron chi connectivity index (χ4n) is 2.93. The largest absolute Gasteiger partial charge is 0.492 e. The molecule has 9 nitrogen and oxygen atoms in total. The van der Waals surface area contributed by atoms with Gasteiger partial charge in [-0.15, -0.1) is 0 Å². The summed E-state index contributed by atoms with van der Waals surface area (Å²) in [6, 6.07) is 10.6. The minimum atomic E-state index is -0.658. The summed E-state index contributed by atoms with van der Waals surface area (Å²) in [5.74, 6) is -1.62. The van der Waals surface area contributed by atoms with Crippen molar-refractivity contribution >= 4 is 46.6 Å². The van der Waals surface area contributed by atoms with E-state index in [1.807, 2.05) is 6.92 Å². The van der Waals surface area contributed by atoms with E-state index in [1.165, 1.54) is 18.2 Å². The zero-order valence-electron chi connectivity index (χ0n) is 15.3. The highest BCUT2D eigenvalue weighted by molar-refractivity contribution is 7.73. The number of aryl methyl sites for hydroxylation is 1. The summed E-state index contributed by atoms with van der Waals surface area (Å²) in [6.45, 7) is 1.89. The first kappa shape index (κ1) is 19.6. The number of nitrogens with one attached hydrogen (secondary N) is 1. The Labute approximate surface area is 177 Å². The highest BCUT2D eigenvalue weighted by Gasteiger charge is 2.27. The van der Waals surface area contributed by atoms with Gasteiger partial charge in [0.05, 0.1) is 15.9 Å². The molecular weight excluding hydrogens is 428 g/mol. The van der Waals surface area contributed by atoms with E-state index < -0.39 is 22.6 Å². The van der Waals surface area contributed by atoms with E-state index in [-0.39, 0.29) is 30.7 Å². The lowest BCUT2D eigenvalue weighted by Gasteiger charge is -2.08. The molecule has 0 aliphatic carbocycles. The molecule has 3 aromatic rings. The number of amides is 2. The Bertz CT molecular complexity index is 1420. The number of nitrogens with zero attached hydrogens (tertiary/aromatic N) is 3. The topological polar surface area (TPSA) is 127 Å². The number of hydrogen-bond acceptors (Lipinski definition) is 7. The molecule has 2 heterocycles. The number of carbonyl (C=O) groups is 2. The zero-order chi connectivity index (χ0) is 21.6. The second-order valence-electron chi connectivity index (χ2n) is 6.41. The molecule has 2 N–H and O–H groups in total. The number of aromatic nitrogens is 1. The second kappa shape index (κ2) is 7.28. The van der Waals surface area contributed by atoms with Crippen LogP contribution in [0.3, 0.4) is 0 Å². The summed E-state index contributed by atoms with van der Waals surface area (Å²) < 4.78 is 1.08. The molecule has 30 heavy (non-hydrogen) atoms. The number of fused-ring (bicyclic) bond motifs is 1. The number of rotatable bonds is 4. The van der Waals surface area contributed by atoms with Crippen LogP contribution >= 0.6 is 23.6 Å². The lowest BCUT2D eigenvalue weighted by Crippen LogP contribution is -2.24. The van der Waals surface area contributed by atoms with Crippen LogP contribution in [-0.2, 0) is 4.79 Å². The molecule has 0 fully saturated rings. The van der Waals surface area contributed by atoms with Gasteiger partial charge in [-0.05, 0) is 37.3 Å². The molecule has 1 aromatic heterocycles. The number of benzene rings is 2. The molecule has 0 unspecified atom stereocenters. The van der Waals surface area contributed by atoms with Gasteiger partial charge in [-0.2, -0.15) is 4.68 Å². The lowest BCUT2D eigenvalue weighted by atomic mass is 10.1. The van der Waals surface area contributed by atoms with E-state index in [4.69, 9.17) is 12.2 Å². The molecule has 2 aromatic carbocycles. The standard InChI is InChI=1S/C19H12N4O5S2/c1-9-2-4-10(5-3-9)16(24)21-22-18(26)15(30-19(22)29)14-12-8-11(23(27)28)6-7-13(12)20-17(14)25/h2-8,26H,1H3,(H,21,24). The monoisotopic (exact) mass is 440 g/mol. The second-order valence-corrected chi connectivity index (χ2v) is 8.06. The van der Waals surface area contributed by atoms with E-state index in [2.05, 4.69) is 10.4 Å². The molecular formula is C19H12N4O5S2. The van der Waals surface area contributed by atoms with E-state index in [0.717, 1.165) is 21.6 Å². The maximum Gasteiger partial charge on any atom is 0.279 e. The van der Waals surface area contributed by atoms with Crippen molar-refractivity contribution in [1.29, 1.82) is 0 Å². The average molecular weight is 440 g/mol. The van der Waals surface area contributed by atoms with Gasteiger partial charge in [0.15, 0.2) is 3.95 Å². The molecule has 0 spiro atoms. The Balaban J connectivity index is 1.81. The number of thiazole rings is 1. The van der Waals surface area contributed by atoms with Gasteiger partial charge in [0.25, 0.3) is 17.5 Å². The first-order valence-electron chi connectivity index (χ1n) is 8.51. The molecule has 4 rings (SSSR count). The maximum absolute atomic E-state index is 12.5. The Morgan fingerprint density at radius 3 is 2.63 bits per heavy atom. The van der Waals surface area contributed by atoms with E-state index >= 15 is 0 Å². The molecule has 0 saturated carbocycles. The van der Waals surface area contributed by atoms with Gasteiger partial charge >= 0.3 is 0 Å². The normalized spacial score (nSPS) is 12.4. The zero-order valence-corrected chi connectivity index (χ0v) is 16.9. The smallest absolute Gasteiger partial charge is 0.279 e. The van der Waals surface area contributed by atoms with Crippen LogP contribution in [0.25, 0.3) is 5.57 Å². The van der Waals surface area contributed by atoms with Crippen LogP contribution in [0.5, 0.6) is 5.88 Å². The summed E-state index contributed by atoms with van der Waals surface area (Å²) >= 11 is 6.12. The quantitative estimate of drug-likeness (QED) is 0.363. The van der Waals surface area contributed by atoms with Gasteiger partial charge in [-0.3, -0.25) is 25.1 Å². The van der Waals surface area contributed by atoms with Crippen molar-refractivity contribution in [3.05, 3.63) is 83.1 Å². The molecule has 0 bridgehead atoms. The summed E-state index contributed by atoms with van der Waals surface area (Å²) in [5.41, 5.74) is 3.61. The molecule has 0 saturated heterocycles. The van der Waals surface area contributed by atoms with Gasteiger partial charge in [0.2, 0.25) is 5.88 Å². The van der Waals surface area contributed by atoms with Crippen LogP contribution in [0, 0.1) is 21.0 Å². The summed E-state index contributed by atoms with van der Waals surface area (Å²) in [5, 5.41) is 22.2. The number of aromatic hydroxyl groups is 1. The van der Waals surface area contributed by atoms with Gasteiger partial charge in [0, 0.05) is 22.9 Å². The summed E-state index contributed by atoms with van der Waals surface area (Å²) in [7, 11) is 0.